The van der Waals surface area contributed by atoms with Gasteiger partial charge in [-0.05, 0) is 131 Å². The normalized spacial score (nSPS) is 15.2. The standard InChI is InChI=1S/C44H34O4/c45-43(47-41-17-7-15-31-35-21-19-27-9-1-3-11-29(27)33(35)23-25-37(31)41)39-13-5-6-14-40(39)44(46)48-42-18-8-16-32-36-22-20-28-10-2-4-12-30(28)34(36)24-26-38(32)42/h1-6,9-14,17-18,23-26H,7-8,15-16,19-22H2. The summed E-state index contributed by atoms with van der Waals surface area (Å²) in [6.45, 7) is 0. The van der Waals surface area contributed by atoms with E-state index in [1.54, 1.807) is 24.3 Å². The Morgan fingerprint density at radius 3 is 1.27 bits per heavy atom. The first-order chi connectivity index (χ1) is 23.6. The molecule has 4 heteroatoms. The van der Waals surface area contributed by atoms with Gasteiger partial charge in [-0.3, -0.25) is 0 Å². The minimum absolute atomic E-state index is 0.195. The summed E-state index contributed by atoms with van der Waals surface area (Å²) in [7, 11) is 0. The quantitative estimate of drug-likeness (QED) is 0.187. The van der Waals surface area contributed by atoms with Crippen LogP contribution in [0.4, 0.5) is 0 Å². The van der Waals surface area contributed by atoms with E-state index in [2.05, 4.69) is 72.8 Å². The fraction of sp³-hybridized carbons (Fsp3) is 0.182. The molecule has 0 unspecified atom stereocenters. The third-order valence-corrected chi connectivity index (χ3v) is 10.5. The van der Waals surface area contributed by atoms with Crippen LogP contribution in [-0.4, -0.2) is 11.9 Å². The molecule has 4 aliphatic carbocycles. The maximum atomic E-state index is 13.8. The molecule has 0 N–H and O–H groups in total. The van der Waals surface area contributed by atoms with Gasteiger partial charge in [0.15, 0.2) is 0 Å². The minimum Gasteiger partial charge on any atom is -0.423 e. The Morgan fingerprint density at radius 2 is 0.792 bits per heavy atom. The van der Waals surface area contributed by atoms with Gasteiger partial charge in [-0.15, -0.1) is 0 Å². The number of aryl methyl sites for hydroxylation is 2. The van der Waals surface area contributed by atoms with E-state index in [9.17, 15) is 9.59 Å². The van der Waals surface area contributed by atoms with Crippen LogP contribution in [0.2, 0.25) is 0 Å². The summed E-state index contributed by atoms with van der Waals surface area (Å²) in [5.41, 5.74) is 15.4. The summed E-state index contributed by atoms with van der Waals surface area (Å²) in [6.07, 6.45) is 11.4. The highest BCUT2D eigenvalue weighted by Crippen LogP contribution is 2.42. The van der Waals surface area contributed by atoms with Crippen molar-refractivity contribution < 1.29 is 19.1 Å². The number of carbonyl (C=O) groups is 2. The Kier molecular flexibility index (Phi) is 6.97. The zero-order valence-corrected chi connectivity index (χ0v) is 26.7. The average molecular weight is 627 g/mol. The number of rotatable bonds is 4. The van der Waals surface area contributed by atoms with Crippen molar-refractivity contribution in [2.24, 2.45) is 0 Å². The zero-order chi connectivity index (χ0) is 32.2. The maximum absolute atomic E-state index is 13.8. The van der Waals surface area contributed by atoms with Crippen molar-refractivity contribution in [1.29, 1.82) is 0 Å². The number of fused-ring (bicyclic) bond motifs is 10. The molecular formula is C44H34O4. The molecule has 0 bridgehead atoms. The number of hydrogen-bond donors (Lipinski definition) is 0. The van der Waals surface area contributed by atoms with E-state index in [0.717, 1.165) is 62.5 Å². The van der Waals surface area contributed by atoms with E-state index in [1.165, 1.54) is 55.6 Å². The second-order valence-corrected chi connectivity index (χ2v) is 13.1. The molecule has 0 aromatic heterocycles. The van der Waals surface area contributed by atoms with Gasteiger partial charge in [0.1, 0.15) is 11.5 Å². The molecule has 0 radical (unpaired) electrons. The second-order valence-electron chi connectivity index (χ2n) is 13.1. The van der Waals surface area contributed by atoms with Crippen molar-refractivity contribution in [3.63, 3.8) is 0 Å². The van der Waals surface area contributed by atoms with Gasteiger partial charge in [-0.2, -0.15) is 0 Å². The Bertz CT molecular complexity index is 2080. The van der Waals surface area contributed by atoms with E-state index in [-0.39, 0.29) is 11.1 Å². The highest BCUT2D eigenvalue weighted by Gasteiger charge is 2.29. The van der Waals surface area contributed by atoms with Crippen LogP contribution in [0.25, 0.3) is 33.8 Å². The molecule has 0 spiro atoms. The van der Waals surface area contributed by atoms with Crippen molar-refractivity contribution >= 4 is 23.5 Å². The Balaban J connectivity index is 0.975. The smallest absolute Gasteiger partial charge is 0.344 e. The van der Waals surface area contributed by atoms with Crippen molar-refractivity contribution in [3.05, 3.63) is 165 Å². The molecule has 5 aromatic rings. The van der Waals surface area contributed by atoms with Gasteiger partial charge in [0, 0.05) is 11.1 Å². The molecule has 4 aliphatic rings. The molecule has 48 heavy (non-hydrogen) atoms. The zero-order valence-electron chi connectivity index (χ0n) is 26.7. The van der Waals surface area contributed by atoms with Crippen LogP contribution in [0, 0.1) is 0 Å². The van der Waals surface area contributed by atoms with Gasteiger partial charge in [0.05, 0.1) is 11.1 Å². The molecule has 0 saturated carbocycles. The molecule has 0 fully saturated rings. The molecular weight excluding hydrogens is 592 g/mol. The van der Waals surface area contributed by atoms with Crippen LogP contribution in [-0.2, 0) is 48.0 Å². The fourth-order valence-corrected chi connectivity index (χ4v) is 8.27. The van der Waals surface area contributed by atoms with Gasteiger partial charge >= 0.3 is 11.9 Å². The van der Waals surface area contributed by atoms with Crippen molar-refractivity contribution in [2.75, 3.05) is 0 Å². The molecule has 9 rings (SSSR count). The van der Waals surface area contributed by atoms with Gasteiger partial charge < -0.3 is 9.47 Å². The van der Waals surface area contributed by atoms with Gasteiger partial charge in [0.25, 0.3) is 0 Å². The second kappa shape index (κ2) is 11.6. The van der Waals surface area contributed by atoms with Crippen LogP contribution < -0.4 is 0 Å². The lowest BCUT2D eigenvalue weighted by atomic mass is 9.79. The number of benzene rings is 5. The van der Waals surface area contributed by atoms with Gasteiger partial charge in [-0.25, -0.2) is 9.59 Å². The number of hydrogen-bond acceptors (Lipinski definition) is 4. The highest BCUT2D eigenvalue weighted by molar-refractivity contribution is 6.06. The fourth-order valence-electron chi connectivity index (χ4n) is 8.27. The molecule has 4 nitrogen and oxygen atoms in total. The third-order valence-electron chi connectivity index (χ3n) is 10.5. The first-order valence-corrected chi connectivity index (χ1v) is 17.0. The minimum atomic E-state index is -0.560. The van der Waals surface area contributed by atoms with Gasteiger partial charge in [0.2, 0.25) is 0 Å². The van der Waals surface area contributed by atoms with E-state index in [4.69, 9.17) is 9.47 Å². The van der Waals surface area contributed by atoms with E-state index >= 15 is 0 Å². The SMILES string of the molecule is O=C(OC1=CCCc2c1ccc1c2CCc2ccccc2-1)c1ccccc1C(=O)OC1=CCCc2c1ccc1c2CCc2ccccc2-1. The van der Waals surface area contributed by atoms with E-state index in [0.29, 0.717) is 11.5 Å². The lowest BCUT2D eigenvalue weighted by Crippen LogP contribution is -2.17. The van der Waals surface area contributed by atoms with Crippen molar-refractivity contribution in [2.45, 2.75) is 51.4 Å². The summed E-state index contributed by atoms with van der Waals surface area (Å²) in [5.74, 6) is -0.00589. The first-order valence-electron chi connectivity index (χ1n) is 17.0. The monoisotopic (exact) mass is 626 g/mol. The van der Waals surface area contributed by atoms with Crippen LogP contribution in [0.5, 0.6) is 0 Å². The summed E-state index contributed by atoms with van der Waals surface area (Å²) in [4.78, 5) is 27.5. The summed E-state index contributed by atoms with van der Waals surface area (Å²) in [5, 5.41) is 0. The molecule has 0 atom stereocenters. The third kappa shape index (κ3) is 4.74. The molecule has 0 heterocycles. The Labute approximate surface area is 280 Å². The molecule has 0 aliphatic heterocycles. The number of ether oxygens (including phenoxy) is 2. The molecule has 0 saturated heterocycles. The molecule has 0 amide bonds. The van der Waals surface area contributed by atoms with Crippen molar-refractivity contribution in [3.8, 4) is 22.3 Å². The highest BCUT2D eigenvalue weighted by atomic mass is 16.5. The van der Waals surface area contributed by atoms with Gasteiger partial charge in [-0.1, -0.05) is 84.9 Å². The van der Waals surface area contributed by atoms with Crippen molar-refractivity contribution in [1.82, 2.24) is 0 Å². The summed E-state index contributed by atoms with van der Waals surface area (Å²) < 4.78 is 12.2. The average Bonchev–Trinajstić information content (AvgIpc) is 3.14. The maximum Gasteiger partial charge on any atom is 0.344 e. The number of allylic oxidation sites excluding steroid dienone is 2. The van der Waals surface area contributed by atoms with E-state index in [1.807, 2.05) is 12.2 Å². The molecule has 5 aromatic carbocycles. The lowest BCUT2D eigenvalue weighted by Gasteiger charge is -2.27. The summed E-state index contributed by atoms with van der Waals surface area (Å²) >= 11 is 0. The topological polar surface area (TPSA) is 52.6 Å². The largest absolute Gasteiger partial charge is 0.423 e. The van der Waals surface area contributed by atoms with Crippen LogP contribution in [0.1, 0.15) is 78.1 Å². The van der Waals surface area contributed by atoms with E-state index < -0.39 is 11.9 Å². The predicted octanol–water partition coefficient (Wildman–Crippen LogP) is 9.51. The first kappa shape index (κ1) is 28.7. The Hall–Kier alpha value is -5.48. The van der Waals surface area contributed by atoms with Crippen LogP contribution in [0.15, 0.2) is 109 Å². The lowest BCUT2D eigenvalue weighted by molar-refractivity contribution is 0.0646. The number of carbonyl (C=O) groups excluding carboxylic acids is 2. The van der Waals surface area contributed by atoms with Crippen LogP contribution in [0.3, 0.4) is 0 Å². The summed E-state index contributed by atoms with van der Waals surface area (Å²) in [6, 6.07) is 32.5. The predicted molar refractivity (Wildman–Crippen MR) is 188 cm³/mol. The van der Waals surface area contributed by atoms with Crippen LogP contribution >= 0.6 is 0 Å². The Morgan fingerprint density at radius 1 is 0.396 bits per heavy atom. The number of esters is 2. The molecule has 234 valence electrons.